The van der Waals surface area contributed by atoms with Gasteiger partial charge in [-0.2, -0.15) is 4.31 Å². The lowest BCUT2D eigenvalue weighted by Crippen LogP contribution is -2.41. The van der Waals surface area contributed by atoms with Crippen LogP contribution in [-0.4, -0.2) is 38.3 Å². The second kappa shape index (κ2) is 9.11. The second-order valence-corrected chi connectivity index (χ2v) is 9.05. The molecule has 2 aromatic carbocycles. The first-order valence-corrected chi connectivity index (χ1v) is 11.1. The third kappa shape index (κ3) is 5.07. The number of rotatable bonds is 6. The van der Waals surface area contributed by atoms with Crippen molar-refractivity contribution in [3.05, 3.63) is 53.3 Å². The summed E-state index contributed by atoms with van der Waals surface area (Å²) in [5, 5.41) is 2.64. The maximum absolute atomic E-state index is 13.2. The minimum absolute atomic E-state index is 0.0703. The molecule has 0 saturated carbocycles. The van der Waals surface area contributed by atoms with Gasteiger partial charge < -0.3 is 10.1 Å². The molecule has 1 saturated heterocycles. The molecule has 0 aliphatic carbocycles. The molecule has 1 amide bonds. The maximum Gasteiger partial charge on any atom is 0.243 e. The van der Waals surface area contributed by atoms with E-state index < -0.39 is 15.8 Å². The molecule has 1 fully saturated rings. The van der Waals surface area contributed by atoms with Gasteiger partial charge in [-0.05, 0) is 62.2 Å². The van der Waals surface area contributed by atoms with Gasteiger partial charge in [0, 0.05) is 24.7 Å². The fourth-order valence-corrected chi connectivity index (χ4v) is 4.85. The van der Waals surface area contributed by atoms with Crippen molar-refractivity contribution < 1.29 is 22.3 Å². The first kappa shape index (κ1) is 21.5. The summed E-state index contributed by atoms with van der Waals surface area (Å²) in [6, 6.07) is 10.3. The number of halogens is 2. The van der Waals surface area contributed by atoms with E-state index in [1.807, 2.05) is 6.92 Å². The monoisotopic (exact) mass is 440 g/mol. The van der Waals surface area contributed by atoms with E-state index in [1.165, 1.54) is 34.6 Å². The highest BCUT2D eigenvalue weighted by Crippen LogP contribution is 2.27. The molecular formula is C20H22ClFN2O4S. The second-order valence-electron chi connectivity index (χ2n) is 6.70. The van der Waals surface area contributed by atoms with E-state index in [9.17, 15) is 17.6 Å². The molecule has 6 nitrogen and oxygen atoms in total. The maximum atomic E-state index is 13.2. The summed E-state index contributed by atoms with van der Waals surface area (Å²) in [6.07, 6.45) is 0.800. The molecule has 2 aromatic rings. The van der Waals surface area contributed by atoms with Crippen LogP contribution < -0.4 is 10.1 Å². The van der Waals surface area contributed by atoms with Gasteiger partial charge in [-0.3, -0.25) is 4.79 Å². The van der Waals surface area contributed by atoms with Crippen LogP contribution in [0.1, 0.15) is 19.8 Å². The first-order valence-electron chi connectivity index (χ1n) is 9.30. The molecule has 0 unspecified atom stereocenters. The number of nitrogens with zero attached hydrogens (tertiary/aromatic N) is 1. The summed E-state index contributed by atoms with van der Waals surface area (Å²) in [6.45, 7) is 2.86. The van der Waals surface area contributed by atoms with Crippen LogP contribution >= 0.6 is 11.6 Å². The number of hydrogen-bond acceptors (Lipinski definition) is 4. The molecule has 1 aliphatic rings. The standard InChI is InChI=1S/C20H22ClFN2O4S/c1-2-28-16-4-6-17(7-5-16)29(26,27)24-11-9-14(10-12-24)20(25)23-15-3-8-19(22)18(21)13-15/h3-8,13-14H,2,9-12H2,1H3,(H,23,25). The molecule has 1 aliphatic heterocycles. The largest absolute Gasteiger partial charge is 0.494 e. The summed E-state index contributed by atoms with van der Waals surface area (Å²) in [7, 11) is -3.63. The fourth-order valence-electron chi connectivity index (χ4n) is 3.20. The average molecular weight is 441 g/mol. The average Bonchev–Trinajstić information content (AvgIpc) is 2.71. The lowest BCUT2D eigenvalue weighted by molar-refractivity contribution is -0.120. The van der Waals surface area contributed by atoms with Crippen LogP contribution in [0.25, 0.3) is 0 Å². The minimum atomic E-state index is -3.63. The van der Waals surface area contributed by atoms with Crippen LogP contribution in [0.3, 0.4) is 0 Å². The van der Waals surface area contributed by atoms with E-state index in [-0.39, 0.29) is 34.8 Å². The third-order valence-electron chi connectivity index (χ3n) is 4.78. The van der Waals surface area contributed by atoms with E-state index in [1.54, 1.807) is 12.1 Å². The van der Waals surface area contributed by atoms with Crippen molar-refractivity contribution in [2.75, 3.05) is 25.0 Å². The highest BCUT2D eigenvalue weighted by molar-refractivity contribution is 7.89. The number of amides is 1. The lowest BCUT2D eigenvalue weighted by atomic mass is 9.97. The summed E-state index contributed by atoms with van der Waals surface area (Å²) < 4.78 is 45.6. The zero-order valence-electron chi connectivity index (χ0n) is 15.9. The van der Waals surface area contributed by atoms with Crippen molar-refractivity contribution in [3.8, 4) is 5.75 Å². The molecule has 1 N–H and O–H groups in total. The van der Waals surface area contributed by atoms with Gasteiger partial charge in [-0.25, -0.2) is 12.8 Å². The molecule has 0 aromatic heterocycles. The van der Waals surface area contributed by atoms with Crippen molar-refractivity contribution in [3.63, 3.8) is 0 Å². The highest BCUT2D eigenvalue weighted by Gasteiger charge is 2.32. The van der Waals surface area contributed by atoms with Crippen LogP contribution in [0.5, 0.6) is 5.75 Å². The number of ether oxygens (including phenoxy) is 1. The number of nitrogens with one attached hydrogen (secondary N) is 1. The Morgan fingerprint density at radius 3 is 2.45 bits per heavy atom. The van der Waals surface area contributed by atoms with Gasteiger partial charge in [-0.15, -0.1) is 0 Å². The van der Waals surface area contributed by atoms with Gasteiger partial charge in [-0.1, -0.05) is 11.6 Å². The number of piperidine rings is 1. The molecule has 0 spiro atoms. The van der Waals surface area contributed by atoms with Crippen LogP contribution in [0, 0.1) is 11.7 Å². The fraction of sp³-hybridized carbons (Fsp3) is 0.350. The normalized spacial score (nSPS) is 15.8. The molecule has 1 heterocycles. The van der Waals surface area contributed by atoms with E-state index in [0.717, 1.165) is 0 Å². The van der Waals surface area contributed by atoms with Gasteiger partial charge >= 0.3 is 0 Å². The predicted octanol–water partition coefficient (Wildman–Crippen LogP) is 3.92. The molecule has 0 atom stereocenters. The summed E-state index contributed by atoms with van der Waals surface area (Å²) in [4.78, 5) is 12.7. The SMILES string of the molecule is CCOc1ccc(S(=O)(=O)N2CCC(C(=O)Nc3ccc(F)c(Cl)c3)CC2)cc1. The molecule has 0 radical (unpaired) electrons. The summed E-state index contributed by atoms with van der Waals surface area (Å²) in [5.74, 6) is -0.503. The van der Waals surface area contributed by atoms with Crippen molar-refractivity contribution in [2.24, 2.45) is 5.92 Å². The van der Waals surface area contributed by atoms with Crippen LogP contribution in [0.15, 0.2) is 47.4 Å². The van der Waals surface area contributed by atoms with Crippen molar-refractivity contribution in [1.29, 1.82) is 0 Å². The van der Waals surface area contributed by atoms with E-state index in [4.69, 9.17) is 16.3 Å². The zero-order valence-corrected chi connectivity index (χ0v) is 17.5. The topological polar surface area (TPSA) is 75.7 Å². The number of carbonyl (C=O) groups is 1. The number of carbonyl (C=O) groups excluding carboxylic acids is 1. The molecule has 0 bridgehead atoms. The Kier molecular flexibility index (Phi) is 6.77. The Labute approximate surface area is 174 Å². The zero-order chi connectivity index (χ0) is 21.0. The van der Waals surface area contributed by atoms with E-state index >= 15 is 0 Å². The Balaban J connectivity index is 1.60. The number of sulfonamides is 1. The molecule has 29 heavy (non-hydrogen) atoms. The van der Waals surface area contributed by atoms with Gasteiger partial charge in [0.2, 0.25) is 15.9 Å². The van der Waals surface area contributed by atoms with Crippen LogP contribution in [0.2, 0.25) is 5.02 Å². The minimum Gasteiger partial charge on any atom is -0.494 e. The Morgan fingerprint density at radius 2 is 1.86 bits per heavy atom. The van der Waals surface area contributed by atoms with Crippen LogP contribution in [0.4, 0.5) is 10.1 Å². The van der Waals surface area contributed by atoms with Gasteiger partial charge in [0.15, 0.2) is 0 Å². The quantitative estimate of drug-likeness (QED) is 0.738. The van der Waals surface area contributed by atoms with Gasteiger partial charge in [0.25, 0.3) is 0 Å². The smallest absolute Gasteiger partial charge is 0.243 e. The Hall–Kier alpha value is -2.16. The molecule has 9 heteroatoms. The van der Waals surface area contributed by atoms with E-state index in [2.05, 4.69) is 5.32 Å². The lowest BCUT2D eigenvalue weighted by Gasteiger charge is -2.30. The molecular weight excluding hydrogens is 419 g/mol. The molecule has 3 rings (SSSR count). The Bertz CT molecular complexity index is 974. The predicted molar refractivity (Wildman–Crippen MR) is 109 cm³/mol. The van der Waals surface area contributed by atoms with Crippen molar-refractivity contribution in [2.45, 2.75) is 24.7 Å². The molecule has 156 valence electrons. The number of benzene rings is 2. The highest BCUT2D eigenvalue weighted by atomic mass is 35.5. The number of hydrogen-bond donors (Lipinski definition) is 1. The van der Waals surface area contributed by atoms with Crippen LogP contribution in [-0.2, 0) is 14.8 Å². The number of anilines is 1. The summed E-state index contributed by atoms with van der Waals surface area (Å²) >= 11 is 5.73. The van der Waals surface area contributed by atoms with Gasteiger partial charge in [0.05, 0.1) is 16.5 Å². The van der Waals surface area contributed by atoms with E-state index in [0.29, 0.717) is 30.9 Å². The van der Waals surface area contributed by atoms with Crippen molar-refractivity contribution >= 4 is 33.2 Å². The Morgan fingerprint density at radius 1 is 1.21 bits per heavy atom. The summed E-state index contributed by atoms with van der Waals surface area (Å²) in [5.41, 5.74) is 0.408. The van der Waals surface area contributed by atoms with Crippen molar-refractivity contribution in [1.82, 2.24) is 4.31 Å². The van der Waals surface area contributed by atoms with Gasteiger partial charge in [0.1, 0.15) is 11.6 Å². The first-order chi connectivity index (χ1) is 13.8. The third-order valence-corrected chi connectivity index (χ3v) is 6.99.